The molecule has 0 aliphatic carbocycles. The van der Waals surface area contributed by atoms with E-state index in [-0.39, 0.29) is 0 Å². The second-order valence-corrected chi connectivity index (χ2v) is 3.35. The molecule has 0 radical (unpaired) electrons. The standard InChI is InChI=1S/C13H15N/c1-3-12-10-9-11-7-5-6-8-13(11)14(12)4-2/h3,5-10H,4H2,1-2H3. The van der Waals surface area contributed by atoms with E-state index >= 15 is 0 Å². The summed E-state index contributed by atoms with van der Waals surface area (Å²) < 4.78 is 0. The van der Waals surface area contributed by atoms with Crippen molar-refractivity contribution in [3.8, 4) is 0 Å². The minimum absolute atomic E-state index is 1.01. The second kappa shape index (κ2) is 3.70. The number of hydrogen-bond donors (Lipinski definition) is 0. The minimum atomic E-state index is 1.01. The Morgan fingerprint density at radius 1 is 1.21 bits per heavy atom. The molecule has 0 atom stereocenters. The van der Waals surface area contributed by atoms with Gasteiger partial charge in [0.25, 0.3) is 0 Å². The van der Waals surface area contributed by atoms with Gasteiger partial charge in [-0.1, -0.05) is 30.4 Å². The number of allylic oxidation sites excluding steroid dienone is 2. The Labute approximate surface area is 85.4 Å². The molecule has 1 heteroatoms. The van der Waals surface area contributed by atoms with Gasteiger partial charge in [0.2, 0.25) is 0 Å². The summed E-state index contributed by atoms with van der Waals surface area (Å²) in [6, 6.07) is 8.50. The fraction of sp³-hybridized carbons (Fsp3) is 0.231. The lowest BCUT2D eigenvalue weighted by Gasteiger charge is -2.29. The van der Waals surface area contributed by atoms with Crippen LogP contribution in [0.3, 0.4) is 0 Å². The molecule has 1 aliphatic heterocycles. The first-order valence-corrected chi connectivity index (χ1v) is 5.07. The lowest BCUT2D eigenvalue weighted by Crippen LogP contribution is -2.23. The number of nitrogens with zero attached hydrogens (tertiary/aromatic N) is 1. The van der Waals surface area contributed by atoms with Crippen molar-refractivity contribution in [3.05, 3.63) is 47.7 Å². The molecule has 0 unspecified atom stereocenters. The Bertz CT molecular complexity index is 388. The first kappa shape index (κ1) is 9.07. The van der Waals surface area contributed by atoms with Crippen LogP contribution in [0.1, 0.15) is 19.4 Å². The highest BCUT2D eigenvalue weighted by molar-refractivity contribution is 5.76. The second-order valence-electron chi connectivity index (χ2n) is 3.35. The third-order valence-corrected chi connectivity index (χ3v) is 2.58. The van der Waals surface area contributed by atoms with Gasteiger partial charge in [-0.05, 0) is 31.6 Å². The Balaban J connectivity index is 2.52. The molecule has 1 heterocycles. The zero-order valence-corrected chi connectivity index (χ0v) is 8.70. The molecule has 0 amide bonds. The lowest BCUT2D eigenvalue weighted by molar-refractivity contribution is 0.968. The van der Waals surface area contributed by atoms with Gasteiger partial charge < -0.3 is 4.90 Å². The molecule has 1 aliphatic rings. The van der Waals surface area contributed by atoms with E-state index in [0.717, 1.165) is 6.54 Å². The summed E-state index contributed by atoms with van der Waals surface area (Å²) in [7, 11) is 0. The first-order chi connectivity index (χ1) is 6.86. The molecule has 72 valence electrons. The fourth-order valence-corrected chi connectivity index (χ4v) is 1.88. The quantitative estimate of drug-likeness (QED) is 0.647. The lowest BCUT2D eigenvalue weighted by atomic mass is 10.1. The van der Waals surface area contributed by atoms with Crippen LogP contribution in [0.25, 0.3) is 6.08 Å². The maximum Gasteiger partial charge on any atom is 0.0484 e. The number of para-hydroxylation sites is 1. The summed E-state index contributed by atoms with van der Waals surface area (Å²) in [5, 5.41) is 0. The molecule has 1 aromatic rings. The van der Waals surface area contributed by atoms with E-state index in [0.29, 0.717) is 0 Å². The molecular formula is C13H15N. The zero-order valence-electron chi connectivity index (χ0n) is 8.70. The SMILES string of the molecule is CC=C1C=Cc2ccccc2N1CC. The topological polar surface area (TPSA) is 3.24 Å². The van der Waals surface area contributed by atoms with Crippen LogP contribution in [0.5, 0.6) is 0 Å². The third-order valence-electron chi connectivity index (χ3n) is 2.58. The van der Waals surface area contributed by atoms with Crippen LogP contribution in [0, 0.1) is 0 Å². The minimum Gasteiger partial charge on any atom is -0.342 e. The van der Waals surface area contributed by atoms with Crippen LogP contribution in [0.4, 0.5) is 5.69 Å². The van der Waals surface area contributed by atoms with Crippen LogP contribution in [0.2, 0.25) is 0 Å². The van der Waals surface area contributed by atoms with E-state index in [1.54, 1.807) is 0 Å². The predicted molar refractivity (Wildman–Crippen MR) is 62.3 cm³/mol. The van der Waals surface area contributed by atoms with Gasteiger partial charge >= 0.3 is 0 Å². The van der Waals surface area contributed by atoms with Gasteiger partial charge in [0.05, 0.1) is 0 Å². The average Bonchev–Trinajstić information content (AvgIpc) is 2.27. The molecular weight excluding hydrogens is 170 g/mol. The molecule has 0 bridgehead atoms. The molecule has 0 saturated carbocycles. The van der Waals surface area contributed by atoms with Crippen LogP contribution < -0.4 is 4.90 Å². The van der Waals surface area contributed by atoms with Crippen LogP contribution in [-0.2, 0) is 0 Å². The maximum absolute atomic E-state index is 2.33. The van der Waals surface area contributed by atoms with Gasteiger partial charge in [0.1, 0.15) is 0 Å². The summed E-state index contributed by atoms with van der Waals surface area (Å²) in [6.07, 6.45) is 6.50. The summed E-state index contributed by atoms with van der Waals surface area (Å²) in [5.74, 6) is 0. The van der Waals surface area contributed by atoms with Gasteiger partial charge in [-0.15, -0.1) is 0 Å². The van der Waals surface area contributed by atoms with Crippen molar-refractivity contribution in [2.45, 2.75) is 13.8 Å². The van der Waals surface area contributed by atoms with Gasteiger partial charge in [-0.2, -0.15) is 0 Å². The van der Waals surface area contributed by atoms with Crippen LogP contribution in [0.15, 0.2) is 42.1 Å². The molecule has 0 saturated heterocycles. The van der Waals surface area contributed by atoms with Crippen molar-refractivity contribution in [2.24, 2.45) is 0 Å². The zero-order chi connectivity index (χ0) is 9.97. The van der Waals surface area contributed by atoms with Gasteiger partial charge in [0.15, 0.2) is 0 Å². The normalized spacial score (nSPS) is 17.3. The van der Waals surface area contributed by atoms with Gasteiger partial charge in [-0.25, -0.2) is 0 Å². The summed E-state index contributed by atoms with van der Waals surface area (Å²) in [5.41, 5.74) is 3.90. The Hall–Kier alpha value is -1.50. The van der Waals surface area contributed by atoms with E-state index in [1.165, 1.54) is 16.9 Å². The Morgan fingerprint density at radius 2 is 2.00 bits per heavy atom. The predicted octanol–water partition coefficient (Wildman–Crippen LogP) is 3.44. The highest BCUT2D eigenvalue weighted by atomic mass is 15.1. The van der Waals surface area contributed by atoms with E-state index in [4.69, 9.17) is 0 Å². The molecule has 0 N–H and O–H groups in total. The Morgan fingerprint density at radius 3 is 2.71 bits per heavy atom. The van der Waals surface area contributed by atoms with E-state index in [1.807, 2.05) is 0 Å². The molecule has 0 spiro atoms. The van der Waals surface area contributed by atoms with Gasteiger partial charge in [-0.3, -0.25) is 0 Å². The molecule has 1 nitrogen and oxygen atoms in total. The van der Waals surface area contributed by atoms with Crippen molar-refractivity contribution >= 4 is 11.8 Å². The number of anilines is 1. The third kappa shape index (κ3) is 1.35. The average molecular weight is 185 g/mol. The van der Waals surface area contributed by atoms with Crippen molar-refractivity contribution in [1.29, 1.82) is 0 Å². The van der Waals surface area contributed by atoms with E-state index < -0.39 is 0 Å². The van der Waals surface area contributed by atoms with E-state index in [9.17, 15) is 0 Å². The summed E-state index contributed by atoms with van der Waals surface area (Å²) >= 11 is 0. The fourth-order valence-electron chi connectivity index (χ4n) is 1.88. The Kier molecular flexibility index (Phi) is 2.40. The highest BCUT2D eigenvalue weighted by Gasteiger charge is 2.13. The molecule has 14 heavy (non-hydrogen) atoms. The number of likely N-dealkylation sites (N-methyl/N-ethyl adjacent to an activating group) is 1. The van der Waals surface area contributed by atoms with Gasteiger partial charge in [0, 0.05) is 17.9 Å². The number of fused-ring (bicyclic) bond motifs is 1. The highest BCUT2D eigenvalue weighted by Crippen LogP contribution is 2.29. The monoisotopic (exact) mass is 185 g/mol. The van der Waals surface area contributed by atoms with Crippen molar-refractivity contribution < 1.29 is 0 Å². The maximum atomic E-state index is 2.33. The van der Waals surface area contributed by atoms with Crippen molar-refractivity contribution in [3.63, 3.8) is 0 Å². The molecule has 0 aromatic heterocycles. The summed E-state index contributed by atoms with van der Waals surface area (Å²) in [6.45, 7) is 5.27. The van der Waals surface area contributed by atoms with Crippen molar-refractivity contribution in [2.75, 3.05) is 11.4 Å². The van der Waals surface area contributed by atoms with Crippen LogP contribution in [-0.4, -0.2) is 6.54 Å². The number of benzene rings is 1. The molecule has 0 fully saturated rings. The largest absolute Gasteiger partial charge is 0.342 e. The van der Waals surface area contributed by atoms with Crippen molar-refractivity contribution in [1.82, 2.24) is 0 Å². The first-order valence-electron chi connectivity index (χ1n) is 5.07. The number of hydrogen-bond acceptors (Lipinski definition) is 1. The van der Waals surface area contributed by atoms with Crippen LogP contribution >= 0.6 is 0 Å². The van der Waals surface area contributed by atoms with E-state index in [2.05, 4.69) is 61.2 Å². The molecule has 1 aromatic carbocycles. The summed E-state index contributed by atoms with van der Waals surface area (Å²) in [4.78, 5) is 2.33. The smallest absolute Gasteiger partial charge is 0.0484 e. The number of rotatable bonds is 1. The molecule has 2 rings (SSSR count).